The summed E-state index contributed by atoms with van der Waals surface area (Å²) in [6, 6.07) is 8.80. The molecular formula is C20H36N2O. The lowest BCUT2D eigenvalue weighted by Gasteiger charge is -2.23. The molecule has 1 aromatic carbocycles. The maximum Gasteiger partial charge on any atom is 0.0724 e. The van der Waals surface area contributed by atoms with Gasteiger partial charge in [0, 0.05) is 26.2 Å². The van der Waals surface area contributed by atoms with Crippen molar-refractivity contribution in [2.75, 3.05) is 33.7 Å². The van der Waals surface area contributed by atoms with Crippen molar-refractivity contribution in [3.05, 3.63) is 35.4 Å². The van der Waals surface area contributed by atoms with E-state index in [1.54, 1.807) is 0 Å². The lowest BCUT2D eigenvalue weighted by Crippen LogP contribution is -2.32. The minimum atomic E-state index is -0.0824. The first-order valence-electron chi connectivity index (χ1n) is 8.74. The van der Waals surface area contributed by atoms with Crippen molar-refractivity contribution >= 4 is 0 Å². The Hall–Kier alpha value is -0.900. The molecule has 0 atom stereocenters. The van der Waals surface area contributed by atoms with Crippen LogP contribution in [0.5, 0.6) is 0 Å². The number of hydrogen-bond donors (Lipinski definition) is 0. The summed E-state index contributed by atoms with van der Waals surface area (Å²) in [6.07, 6.45) is 0. The summed E-state index contributed by atoms with van der Waals surface area (Å²) in [6.45, 7) is 15.9. The standard InChI is InChI=1S/C20H36N2O/c1-17(2)14-21(6)12-13-22(7)15-18-8-10-19(11-9-18)16-23-20(3,4)5/h8-11,17H,12-16H2,1-7H3. The fourth-order valence-electron chi connectivity index (χ4n) is 2.49. The predicted octanol–water partition coefficient (Wildman–Crippen LogP) is 4.02. The van der Waals surface area contributed by atoms with Gasteiger partial charge in [-0.15, -0.1) is 0 Å². The maximum atomic E-state index is 5.82. The molecule has 0 aliphatic rings. The molecule has 0 radical (unpaired) electrons. The van der Waals surface area contributed by atoms with Gasteiger partial charge in [-0.25, -0.2) is 0 Å². The number of hydrogen-bond acceptors (Lipinski definition) is 3. The van der Waals surface area contributed by atoms with Gasteiger partial charge in [-0.3, -0.25) is 0 Å². The number of rotatable bonds is 9. The van der Waals surface area contributed by atoms with E-state index in [-0.39, 0.29) is 5.60 Å². The molecule has 0 fully saturated rings. The number of benzene rings is 1. The van der Waals surface area contributed by atoms with Crippen molar-refractivity contribution in [2.24, 2.45) is 5.92 Å². The van der Waals surface area contributed by atoms with Crippen LogP contribution in [-0.4, -0.2) is 49.1 Å². The maximum absolute atomic E-state index is 5.82. The van der Waals surface area contributed by atoms with Crippen LogP contribution in [0, 0.1) is 5.92 Å². The van der Waals surface area contributed by atoms with E-state index >= 15 is 0 Å². The minimum absolute atomic E-state index is 0.0824. The summed E-state index contributed by atoms with van der Waals surface area (Å²) < 4.78 is 5.82. The molecule has 0 heterocycles. The average molecular weight is 321 g/mol. The Morgan fingerprint density at radius 2 is 1.43 bits per heavy atom. The van der Waals surface area contributed by atoms with Gasteiger partial charge in [-0.2, -0.15) is 0 Å². The first-order chi connectivity index (χ1) is 10.7. The van der Waals surface area contributed by atoms with E-state index in [1.165, 1.54) is 11.1 Å². The van der Waals surface area contributed by atoms with E-state index in [4.69, 9.17) is 4.74 Å². The second kappa shape index (κ2) is 9.41. The van der Waals surface area contributed by atoms with Crippen LogP contribution in [0.25, 0.3) is 0 Å². The second-order valence-electron chi connectivity index (χ2n) is 8.11. The largest absolute Gasteiger partial charge is 0.371 e. The molecule has 0 unspecified atom stereocenters. The van der Waals surface area contributed by atoms with Gasteiger partial charge < -0.3 is 14.5 Å². The normalized spacial score (nSPS) is 12.6. The monoisotopic (exact) mass is 320 g/mol. The zero-order chi connectivity index (χ0) is 17.5. The lowest BCUT2D eigenvalue weighted by molar-refractivity contribution is -0.0149. The van der Waals surface area contributed by atoms with Crippen LogP contribution in [0.4, 0.5) is 0 Å². The van der Waals surface area contributed by atoms with E-state index in [2.05, 4.69) is 82.8 Å². The van der Waals surface area contributed by atoms with Crippen LogP contribution in [0.1, 0.15) is 45.7 Å². The third kappa shape index (κ3) is 9.75. The Balaban J connectivity index is 2.36. The SMILES string of the molecule is CC(C)CN(C)CCN(C)Cc1ccc(COC(C)(C)C)cc1. The Kier molecular flexibility index (Phi) is 8.24. The van der Waals surface area contributed by atoms with Crippen molar-refractivity contribution in [2.45, 2.75) is 53.4 Å². The molecule has 0 aliphatic carbocycles. The van der Waals surface area contributed by atoms with Crippen LogP contribution in [0.3, 0.4) is 0 Å². The number of nitrogens with zero attached hydrogens (tertiary/aromatic N) is 2. The van der Waals surface area contributed by atoms with Gasteiger partial charge >= 0.3 is 0 Å². The van der Waals surface area contributed by atoms with Gasteiger partial charge in [0.15, 0.2) is 0 Å². The Labute approximate surface area is 143 Å². The van der Waals surface area contributed by atoms with E-state index in [1.807, 2.05) is 0 Å². The van der Waals surface area contributed by atoms with Gasteiger partial charge in [-0.1, -0.05) is 38.1 Å². The molecule has 132 valence electrons. The minimum Gasteiger partial charge on any atom is -0.371 e. The molecular weight excluding hydrogens is 284 g/mol. The highest BCUT2D eigenvalue weighted by Crippen LogP contribution is 2.13. The van der Waals surface area contributed by atoms with Gasteiger partial charge in [0.25, 0.3) is 0 Å². The Bertz CT molecular complexity index is 434. The topological polar surface area (TPSA) is 15.7 Å². The molecule has 0 spiro atoms. The first-order valence-corrected chi connectivity index (χ1v) is 8.74. The molecule has 3 nitrogen and oxygen atoms in total. The molecule has 0 saturated carbocycles. The van der Waals surface area contributed by atoms with Crippen molar-refractivity contribution < 1.29 is 4.74 Å². The molecule has 1 aromatic rings. The van der Waals surface area contributed by atoms with Crippen molar-refractivity contribution in [3.8, 4) is 0 Å². The first kappa shape index (κ1) is 20.1. The fourth-order valence-corrected chi connectivity index (χ4v) is 2.49. The summed E-state index contributed by atoms with van der Waals surface area (Å²) in [5, 5.41) is 0. The van der Waals surface area contributed by atoms with Crippen LogP contribution < -0.4 is 0 Å². The summed E-state index contributed by atoms with van der Waals surface area (Å²) in [4.78, 5) is 4.80. The van der Waals surface area contributed by atoms with E-state index in [9.17, 15) is 0 Å². The van der Waals surface area contributed by atoms with Crippen LogP contribution >= 0.6 is 0 Å². The number of ether oxygens (including phenoxy) is 1. The van der Waals surface area contributed by atoms with Crippen molar-refractivity contribution in [1.29, 1.82) is 0 Å². The zero-order valence-electron chi connectivity index (χ0n) is 16.2. The van der Waals surface area contributed by atoms with Crippen molar-refractivity contribution in [3.63, 3.8) is 0 Å². The van der Waals surface area contributed by atoms with Crippen molar-refractivity contribution in [1.82, 2.24) is 9.80 Å². The summed E-state index contributed by atoms with van der Waals surface area (Å²) in [5.74, 6) is 0.730. The smallest absolute Gasteiger partial charge is 0.0724 e. The molecule has 0 bridgehead atoms. The van der Waals surface area contributed by atoms with Crippen LogP contribution in [-0.2, 0) is 17.9 Å². The molecule has 0 aromatic heterocycles. The molecule has 1 rings (SSSR count). The Morgan fingerprint density at radius 1 is 0.913 bits per heavy atom. The molecule has 0 amide bonds. The highest BCUT2D eigenvalue weighted by Gasteiger charge is 2.10. The number of likely N-dealkylation sites (N-methyl/N-ethyl adjacent to an activating group) is 2. The van der Waals surface area contributed by atoms with Gasteiger partial charge in [0.05, 0.1) is 12.2 Å². The summed E-state index contributed by atoms with van der Waals surface area (Å²) >= 11 is 0. The predicted molar refractivity (Wildman–Crippen MR) is 99.7 cm³/mol. The quantitative estimate of drug-likeness (QED) is 0.683. The van der Waals surface area contributed by atoms with E-state index in [0.717, 1.165) is 32.1 Å². The molecule has 3 heteroatoms. The van der Waals surface area contributed by atoms with Gasteiger partial charge in [0.1, 0.15) is 0 Å². The molecule has 23 heavy (non-hydrogen) atoms. The van der Waals surface area contributed by atoms with Crippen LogP contribution in [0.15, 0.2) is 24.3 Å². The lowest BCUT2D eigenvalue weighted by atomic mass is 10.1. The highest BCUT2D eigenvalue weighted by atomic mass is 16.5. The van der Waals surface area contributed by atoms with E-state index in [0.29, 0.717) is 6.61 Å². The molecule has 0 N–H and O–H groups in total. The highest BCUT2D eigenvalue weighted by molar-refractivity contribution is 5.22. The summed E-state index contributed by atoms with van der Waals surface area (Å²) in [5.41, 5.74) is 2.52. The third-order valence-corrected chi connectivity index (χ3v) is 3.69. The van der Waals surface area contributed by atoms with Crippen LogP contribution in [0.2, 0.25) is 0 Å². The average Bonchev–Trinajstić information content (AvgIpc) is 2.43. The molecule has 0 saturated heterocycles. The zero-order valence-corrected chi connectivity index (χ0v) is 16.2. The summed E-state index contributed by atoms with van der Waals surface area (Å²) in [7, 11) is 4.40. The van der Waals surface area contributed by atoms with E-state index < -0.39 is 0 Å². The fraction of sp³-hybridized carbons (Fsp3) is 0.700. The third-order valence-electron chi connectivity index (χ3n) is 3.69. The van der Waals surface area contributed by atoms with Gasteiger partial charge in [-0.05, 0) is 51.9 Å². The van der Waals surface area contributed by atoms with Gasteiger partial charge in [0.2, 0.25) is 0 Å². The molecule has 0 aliphatic heterocycles. The Morgan fingerprint density at radius 3 is 1.96 bits per heavy atom. The second-order valence-corrected chi connectivity index (χ2v) is 8.11.